The molecule has 2 atom stereocenters. The lowest BCUT2D eigenvalue weighted by molar-refractivity contribution is -0.123. The zero-order valence-corrected chi connectivity index (χ0v) is 12.6. The molecule has 0 aliphatic carbocycles. The fourth-order valence-electron chi connectivity index (χ4n) is 3.11. The highest BCUT2D eigenvalue weighted by Gasteiger charge is 2.42. The monoisotopic (exact) mass is 307 g/mol. The highest BCUT2D eigenvalue weighted by Crippen LogP contribution is 2.29. The fraction of sp³-hybridized carbons (Fsp3) is 0.467. The van der Waals surface area contributed by atoms with Crippen LogP contribution in [0.5, 0.6) is 0 Å². The molecular formula is C15H18ClN3O2. The first-order valence-electron chi connectivity index (χ1n) is 7.18. The first-order chi connectivity index (χ1) is 10.1. The van der Waals surface area contributed by atoms with Gasteiger partial charge in [0, 0.05) is 13.1 Å². The molecular weight excluding hydrogens is 290 g/mol. The number of hydrogen-bond donors (Lipinski definition) is 2. The van der Waals surface area contributed by atoms with Crippen LogP contribution in [-0.2, 0) is 4.79 Å². The van der Waals surface area contributed by atoms with Crippen LogP contribution < -0.4 is 10.6 Å². The predicted octanol–water partition coefficient (Wildman–Crippen LogP) is 2.39. The zero-order chi connectivity index (χ0) is 15.0. The minimum atomic E-state index is -0.188. The van der Waals surface area contributed by atoms with Crippen LogP contribution >= 0.6 is 11.6 Å². The van der Waals surface area contributed by atoms with Gasteiger partial charge >= 0.3 is 6.03 Å². The summed E-state index contributed by atoms with van der Waals surface area (Å²) in [6.07, 6.45) is 1.70. The van der Waals surface area contributed by atoms with E-state index in [-0.39, 0.29) is 23.9 Å². The van der Waals surface area contributed by atoms with Crippen molar-refractivity contribution in [1.82, 2.24) is 10.2 Å². The van der Waals surface area contributed by atoms with Crippen molar-refractivity contribution in [3.05, 3.63) is 28.8 Å². The molecule has 5 nitrogen and oxygen atoms in total. The molecule has 0 saturated carbocycles. The number of halogens is 1. The molecule has 0 spiro atoms. The lowest BCUT2D eigenvalue weighted by Gasteiger charge is -2.35. The Morgan fingerprint density at radius 3 is 3.05 bits per heavy atom. The van der Waals surface area contributed by atoms with E-state index in [1.165, 1.54) is 0 Å². The molecule has 3 amide bonds. The third-order valence-electron chi connectivity index (χ3n) is 4.23. The van der Waals surface area contributed by atoms with E-state index in [0.717, 1.165) is 18.4 Å². The number of carbonyl (C=O) groups excluding carboxylic acids is 2. The molecule has 1 aromatic rings. The van der Waals surface area contributed by atoms with Gasteiger partial charge in [-0.2, -0.15) is 0 Å². The van der Waals surface area contributed by atoms with Gasteiger partial charge in [0.1, 0.15) is 0 Å². The predicted molar refractivity (Wildman–Crippen MR) is 81.4 cm³/mol. The minimum absolute atomic E-state index is 0.0459. The number of fused-ring (bicyclic) bond motifs is 1. The summed E-state index contributed by atoms with van der Waals surface area (Å²) < 4.78 is 0. The van der Waals surface area contributed by atoms with E-state index in [1.54, 1.807) is 11.0 Å². The quantitative estimate of drug-likeness (QED) is 0.837. The second-order valence-electron chi connectivity index (χ2n) is 5.67. The van der Waals surface area contributed by atoms with E-state index >= 15 is 0 Å². The van der Waals surface area contributed by atoms with Crippen LogP contribution in [0.25, 0.3) is 0 Å². The molecule has 2 N–H and O–H groups in total. The number of hydrogen-bond acceptors (Lipinski definition) is 2. The average Bonchev–Trinajstić information content (AvgIpc) is 2.84. The summed E-state index contributed by atoms with van der Waals surface area (Å²) in [6.45, 7) is 3.16. The van der Waals surface area contributed by atoms with Crippen LogP contribution in [0.3, 0.4) is 0 Å². The van der Waals surface area contributed by atoms with Crippen LogP contribution in [-0.4, -0.2) is 36.0 Å². The van der Waals surface area contributed by atoms with Gasteiger partial charge in [0.05, 0.1) is 22.7 Å². The summed E-state index contributed by atoms with van der Waals surface area (Å²) in [7, 11) is 0. The van der Waals surface area contributed by atoms with Crippen molar-refractivity contribution in [2.45, 2.75) is 25.8 Å². The second kappa shape index (κ2) is 5.56. The number of nitrogens with zero attached hydrogens (tertiary/aromatic N) is 1. The van der Waals surface area contributed by atoms with E-state index in [4.69, 9.17) is 11.6 Å². The van der Waals surface area contributed by atoms with E-state index in [9.17, 15) is 9.59 Å². The molecule has 1 aromatic carbocycles. The number of nitrogens with one attached hydrogen (secondary N) is 2. The number of amides is 3. The second-order valence-corrected chi connectivity index (χ2v) is 6.08. The van der Waals surface area contributed by atoms with Crippen molar-refractivity contribution in [2.24, 2.45) is 5.92 Å². The Morgan fingerprint density at radius 2 is 2.29 bits per heavy atom. The maximum Gasteiger partial charge on any atom is 0.322 e. The third-order valence-corrected chi connectivity index (χ3v) is 4.54. The molecule has 0 unspecified atom stereocenters. The van der Waals surface area contributed by atoms with Crippen molar-refractivity contribution >= 4 is 29.2 Å². The number of likely N-dealkylation sites (tertiary alicyclic amines) is 1. The van der Waals surface area contributed by atoms with Crippen molar-refractivity contribution in [2.75, 3.05) is 18.4 Å². The smallest absolute Gasteiger partial charge is 0.322 e. The highest BCUT2D eigenvalue weighted by atomic mass is 35.5. The van der Waals surface area contributed by atoms with Gasteiger partial charge in [-0.3, -0.25) is 4.79 Å². The highest BCUT2D eigenvalue weighted by molar-refractivity contribution is 6.33. The van der Waals surface area contributed by atoms with Crippen molar-refractivity contribution in [3.63, 3.8) is 0 Å². The topological polar surface area (TPSA) is 61.4 Å². The summed E-state index contributed by atoms with van der Waals surface area (Å²) >= 11 is 6.15. The van der Waals surface area contributed by atoms with Gasteiger partial charge in [0.25, 0.3) is 0 Å². The van der Waals surface area contributed by atoms with Gasteiger partial charge in [-0.1, -0.05) is 17.7 Å². The summed E-state index contributed by atoms with van der Waals surface area (Å²) in [5, 5.41) is 6.22. The van der Waals surface area contributed by atoms with Crippen LogP contribution in [0, 0.1) is 12.8 Å². The Kier molecular flexibility index (Phi) is 3.76. The van der Waals surface area contributed by atoms with Crippen molar-refractivity contribution in [3.8, 4) is 0 Å². The summed E-state index contributed by atoms with van der Waals surface area (Å²) in [6, 6.07) is 5.29. The number of anilines is 1. The number of aryl methyl sites for hydroxylation is 1. The SMILES string of the molecule is Cc1ccc(NC(=O)N2CCC[C@H]3C(=O)NC[C@H]32)c(Cl)c1. The molecule has 2 heterocycles. The maximum atomic E-state index is 12.5. The standard InChI is InChI=1S/C15H18ClN3O2/c1-9-4-5-12(11(16)7-9)18-15(21)19-6-2-3-10-13(19)8-17-14(10)20/h4-5,7,10,13H,2-3,6,8H2,1H3,(H,17,20)(H,18,21)/t10-,13-/m1/s1. The van der Waals surface area contributed by atoms with Crippen molar-refractivity contribution < 1.29 is 9.59 Å². The van der Waals surface area contributed by atoms with Gasteiger partial charge in [0.2, 0.25) is 5.91 Å². The molecule has 0 bridgehead atoms. The Bertz CT molecular complexity index is 590. The fourth-order valence-corrected chi connectivity index (χ4v) is 3.39. The van der Waals surface area contributed by atoms with Crippen molar-refractivity contribution in [1.29, 1.82) is 0 Å². The number of rotatable bonds is 1. The van der Waals surface area contributed by atoms with Gasteiger partial charge < -0.3 is 15.5 Å². The lowest BCUT2D eigenvalue weighted by Crippen LogP contribution is -2.50. The third kappa shape index (κ3) is 2.70. The lowest BCUT2D eigenvalue weighted by atomic mass is 9.92. The van der Waals surface area contributed by atoms with Crippen LogP contribution in [0.15, 0.2) is 18.2 Å². The molecule has 2 aliphatic rings. The Morgan fingerprint density at radius 1 is 1.48 bits per heavy atom. The molecule has 0 aromatic heterocycles. The van der Waals surface area contributed by atoms with Gasteiger partial charge in [-0.25, -0.2) is 4.79 Å². The first kappa shape index (κ1) is 14.2. The molecule has 6 heteroatoms. The average molecular weight is 308 g/mol. The minimum Gasteiger partial charge on any atom is -0.354 e. The van der Waals surface area contributed by atoms with Gasteiger partial charge in [0.15, 0.2) is 0 Å². The van der Waals surface area contributed by atoms with Gasteiger partial charge in [-0.15, -0.1) is 0 Å². The number of benzene rings is 1. The first-order valence-corrected chi connectivity index (χ1v) is 7.55. The Balaban J connectivity index is 1.74. The number of carbonyl (C=O) groups is 2. The van der Waals surface area contributed by atoms with E-state index in [1.807, 2.05) is 19.1 Å². The molecule has 2 fully saturated rings. The van der Waals surface area contributed by atoms with Crippen LogP contribution in [0.1, 0.15) is 18.4 Å². The normalized spacial score (nSPS) is 24.5. The Hall–Kier alpha value is -1.75. The molecule has 0 radical (unpaired) electrons. The molecule has 112 valence electrons. The summed E-state index contributed by atoms with van der Waals surface area (Å²) in [5.74, 6) is -0.0103. The van der Waals surface area contributed by atoms with Crippen LogP contribution in [0.4, 0.5) is 10.5 Å². The molecule has 21 heavy (non-hydrogen) atoms. The van der Waals surface area contributed by atoms with Crippen LogP contribution in [0.2, 0.25) is 5.02 Å². The largest absolute Gasteiger partial charge is 0.354 e. The summed E-state index contributed by atoms with van der Waals surface area (Å²) in [5.41, 5.74) is 1.65. The summed E-state index contributed by atoms with van der Waals surface area (Å²) in [4.78, 5) is 26.0. The van der Waals surface area contributed by atoms with E-state index < -0.39 is 0 Å². The van der Waals surface area contributed by atoms with Gasteiger partial charge in [-0.05, 0) is 37.5 Å². The molecule has 3 rings (SSSR count). The Labute approximate surface area is 128 Å². The van der Waals surface area contributed by atoms with E-state index in [0.29, 0.717) is 23.8 Å². The zero-order valence-electron chi connectivity index (χ0n) is 11.9. The number of piperidine rings is 1. The van der Waals surface area contributed by atoms with E-state index in [2.05, 4.69) is 10.6 Å². The number of urea groups is 1. The molecule has 2 aliphatic heterocycles. The maximum absolute atomic E-state index is 12.5. The molecule has 2 saturated heterocycles.